The van der Waals surface area contributed by atoms with E-state index in [1.54, 1.807) is 35.4 Å². The second-order valence-electron chi connectivity index (χ2n) is 8.23. The van der Waals surface area contributed by atoms with Crippen molar-refractivity contribution in [2.24, 2.45) is 0 Å². The summed E-state index contributed by atoms with van der Waals surface area (Å²) in [7, 11) is 0. The van der Waals surface area contributed by atoms with Crippen LogP contribution in [-0.4, -0.2) is 35.6 Å². The largest absolute Gasteiger partial charge is 0.456 e. The predicted molar refractivity (Wildman–Crippen MR) is 120 cm³/mol. The number of fused-ring (bicyclic) bond motifs is 2. The van der Waals surface area contributed by atoms with Gasteiger partial charge in [0.05, 0.1) is 40.7 Å². The molecule has 5 aromatic rings. The zero-order valence-electron chi connectivity index (χ0n) is 17.4. The summed E-state index contributed by atoms with van der Waals surface area (Å²) < 4.78 is 34.0. The molecule has 0 aliphatic heterocycles. The number of nitrogens with one attached hydrogen (secondary N) is 1. The molecule has 0 amide bonds. The van der Waals surface area contributed by atoms with E-state index in [4.69, 9.17) is 16.3 Å². The summed E-state index contributed by atoms with van der Waals surface area (Å²) >= 11 is 6.64. The molecule has 2 aromatic carbocycles. The molecule has 166 valence electrons. The van der Waals surface area contributed by atoms with E-state index in [-0.39, 0.29) is 18.9 Å². The Bertz CT molecular complexity index is 1520. The van der Waals surface area contributed by atoms with E-state index in [9.17, 15) is 8.78 Å². The van der Waals surface area contributed by atoms with Gasteiger partial charge in [-0.05, 0) is 31.2 Å². The van der Waals surface area contributed by atoms with Gasteiger partial charge < -0.3 is 9.72 Å². The average molecular weight is 467 g/mol. The molecule has 0 bridgehead atoms. The molecule has 1 aliphatic rings. The van der Waals surface area contributed by atoms with Gasteiger partial charge in [-0.2, -0.15) is 5.10 Å². The van der Waals surface area contributed by atoms with Crippen LogP contribution in [0.15, 0.2) is 48.9 Å². The first-order chi connectivity index (χ1) is 15.8. The zero-order valence-corrected chi connectivity index (χ0v) is 18.1. The van der Waals surface area contributed by atoms with Crippen molar-refractivity contribution in [2.75, 3.05) is 0 Å². The van der Waals surface area contributed by atoms with Crippen molar-refractivity contribution in [1.82, 2.24) is 29.7 Å². The van der Waals surface area contributed by atoms with E-state index >= 15 is 0 Å². The van der Waals surface area contributed by atoms with E-state index in [0.29, 0.717) is 38.8 Å². The minimum atomic E-state index is -2.61. The van der Waals surface area contributed by atoms with Crippen LogP contribution in [0, 0.1) is 6.92 Å². The lowest BCUT2D eigenvalue weighted by atomic mass is 9.88. The number of aromatic nitrogens is 6. The summed E-state index contributed by atoms with van der Waals surface area (Å²) in [5.74, 6) is -0.735. The highest BCUT2D eigenvalue weighted by molar-refractivity contribution is 6.36. The number of imidazole rings is 1. The fourth-order valence-corrected chi connectivity index (χ4v) is 4.28. The number of nitrogens with zero attached hydrogens (tertiary/aromatic N) is 5. The topological polar surface area (TPSA) is 81.5 Å². The lowest BCUT2D eigenvalue weighted by Crippen LogP contribution is -2.37. The normalized spacial score (nSPS) is 15.8. The smallest absolute Gasteiger partial charge is 0.252 e. The first-order valence-electron chi connectivity index (χ1n) is 10.4. The Hall–Kier alpha value is -3.59. The minimum Gasteiger partial charge on any atom is -0.456 e. The number of rotatable bonds is 4. The van der Waals surface area contributed by atoms with Crippen molar-refractivity contribution < 1.29 is 13.5 Å². The van der Waals surface area contributed by atoms with Gasteiger partial charge >= 0.3 is 0 Å². The highest BCUT2D eigenvalue weighted by Crippen LogP contribution is 2.45. The third kappa shape index (κ3) is 3.58. The summed E-state index contributed by atoms with van der Waals surface area (Å²) in [6.07, 6.45) is 4.53. The number of ether oxygens (including phenoxy) is 1. The van der Waals surface area contributed by atoms with Crippen LogP contribution in [0.1, 0.15) is 24.7 Å². The first kappa shape index (κ1) is 20.0. The molecule has 3 aromatic heterocycles. The number of benzene rings is 2. The second kappa shape index (κ2) is 7.21. The maximum Gasteiger partial charge on any atom is 0.252 e. The van der Waals surface area contributed by atoms with Crippen molar-refractivity contribution >= 4 is 33.7 Å². The lowest BCUT2D eigenvalue weighted by Gasteiger charge is -2.34. The number of aryl methyl sites for hydroxylation is 1. The average Bonchev–Trinajstić information content (AvgIpc) is 3.39. The van der Waals surface area contributed by atoms with Crippen LogP contribution in [0.3, 0.4) is 0 Å². The molecule has 1 N–H and O–H groups in total. The van der Waals surface area contributed by atoms with Crippen molar-refractivity contribution in [3.8, 4) is 22.8 Å². The molecule has 33 heavy (non-hydrogen) atoms. The minimum absolute atomic E-state index is 0.200. The van der Waals surface area contributed by atoms with Gasteiger partial charge in [0, 0.05) is 30.7 Å². The van der Waals surface area contributed by atoms with Crippen molar-refractivity contribution in [3.05, 3.63) is 59.8 Å². The van der Waals surface area contributed by atoms with Gasteiger partial charge in [-0.1, -0.05) is 11.6 Å². The number of alkyl halides is 2. The number of hydrogen-bond acceptors (Lipinski definition) is 5. The fraction of sp³-hybridized carbons (Fsp3) is 0.217. The third-order valence-corrected chi connectivity index (χ3v) is 6.12. The first-order valence-corrected chi connectivity index (χ1v) is 10.7. The Morgan fingerprint density at radius 3 is 2.76 bits per heavy atom. The van der Waals surface area contributed by atoms with Gasteiger partial charge in [0.15, 0.2) is 0 Å². The van der Waals surface area contributed by atoms with Crippen LogP contribution < -0.4 is 4.74 Å². The monoisotopic (exact) mass is 466 g/mol. The molecule has 7 nitrogen and oxygen atoms in total. The molecule has 0 spiro atoms. The molecule has 3 heterocycles. The third-order valence-electron chi connectivity index (χ3n) is 5.76. The Balaban J connectivity index is 1.31. The van der Waals surface area contributed by atoms with Crippen LogP contribution in [-0.2, 0) is 0 Å². The van der Waals surface area contributed by atoms with E-state index in [0.717, 1.165) is 16.9 Å². The molecular formula is C23H17ClF2N6O. The van der Waals surface area contributed by atoms with Crippen LogP contribution in [0.5, 0.6) is 11.5 Å². The second-order valence-corrected chi connectivity index (χ2v) is 8.61. The summed E-state index contributed by atoms with van der Waals surface area (Å²) in [6.45, 7) is 1.89. The highest BCUT2D eigenvalue weighted by Gasteiger charge is 2.46. The molecule has 0 radical (unpaired) electrons. The van der Waals surface area contributed by atoms with E-state index in [1.807, 2.05) is 25.1 Å². The van der Waals surface area contributed by atoms with Crippen molar-refractivity contribution in [2.45, 2.75) is 31.7 Å². The predicted octanol–water partition coefficient (Wildman–Crippen LogP) is 6.09. The van der Waals surface area contributed by atoms with Crippen LogP contribution >= 0.6 is 11.6 Å². The summed E-state index contributed by atoms with van der Waals surface area (Å²) in [6, 6.07) is 8.78. The van der Waals surface area contributed by atoms with Gasteiger partial charge in [0.2, 0.25) is 0 Å². The van der Waals surface area contributed by atoms with Crippen molar-refractivity contribution in [3.63, 3.8) is 0 Å². The summed E-state index contributed by atoms with van der Waals surface area (Å²) in [4.78, 5) is 16.7. The SMILES string of the molecule is Cc1nc2ccc(Oc3ccc4ncc(-c5cnn(C6CC(F)(F)C6)c5)nc4c3Cl)cc2[nH]1. The molecule has 1 aliphatic carbocycles. The molecule has 6 rings (SSSR count). The Labute approximate surface area is 191 Å². The van der Waals surface area contributed by atoms with Gasteiger partial charge in [-0.15, -0.1) is 0 Å². The molecule has 10 heteroatoms. The number of H-pyrrole nitrogens is 1. The van der Waals surface area contributed by atoms with Crippen LogP contribution in [0.25, 0.3) is 33.3 Å². The standard InChI is InChI=1S/C23H17ClF2N6O/c1-12-29-16-3-2-15(6-18(16)30-12)33-20-5-4-17-22(21(20)24)31-19(10-27-17)13-9-28-32(11-13)14-7-23(25,26)8-14/h2-6,9-11,14H,7-8H2,1H3,(H,29,30). The van der Waals surface area contributed by atoms with Gasteiger partial charge in [-0.25, -0.2) is 18.7 Å². The Morgan fingerprint density at radius 1 is 1.12 bits per heavy atom. The van der Waals surface area contributed by atoms with E-state index in [1.165, 1.54) is 0 Å². The fourth-order valence-electron chi connectivity index (χ4n) is 4.04. The summed E-state index contributed by atoms with van der Waals surface area (Å²) in [5, 5.41) is 4.56. The lowest BCUT2D eigenvalue weighted by molar-refractivity contribution is -0.106. The molecule has 1 fully saturated rings. The van der Waals surface area contributed by atoms with Crippen LogP contribution in [0.4, 0.5) is 8.78 Å². The van der Waals surface area contributed by atoms with Gasteiger partial charge in [0.25, 0.3) is 5.92 Å². The number of aromatic amines is 1. The molecule has 0 atom stereocenters. The molecular weight excluding hydrogens is 450 g/mol. The van der Waals surface area contributed by atoms with Crippen molar-refractivity contribution in [1.29, 1.82) is 0 Å². The highest BCUT2D eigenvalue weighted by atomic mass is 35.5. The molecule has 1 saturated carbocycles. The maximum atomic E-state index is 13.2. The molecule has 0 unspecified atom stereocenters. The maximum absolute atomic E-state index is 13.2. The molecule has 0 saturated heterocycles. The Morgan fingerprint density at radius 2 is 1.94 bits per heavy atom. The van der Waals surface area contributed by atoms with E-state index < -0.39 is 5.92 Å². The Kier molecular flexibility index (Phi) is 4.38. The van der Waals surface area contributed by atoms with E-state index in [2.05, 4.69) is 25.0 Å². The number of halogens is 3. The zero-order chi connectivity index (χ0) is 22.7. The van der Waals surface area contributed by atoms with Gasteiger partial charge in [-0.3, -0.25) is 9.67 Å². The van der Waals surface area contributed by atoms with Gasteiger partial charge in [0.1, 0.15) is 27.9 Å². The van der Waals surface area contributed by atoms with Crippen LogP contribution in [0.2, 0.25) is 5.02 Å². The number of hydrogen-bond donors (Lipinski definition) is 1. The quantitative estimate of drug-likeness (QED) is 0.346. The summed E-state index contributed by atoms with van der Waals surface area (Å²) in [5.41, 5.74) is 4.04.